The number of nitrogens with zero attached hydrogens (tertiary/aromatic N) is 4. The first-order valence-electron chi connectivity index (χ1n) is 10.7. The van der Waals surface area contributed by atoms with Crippen molar-refractivity contribution in [3.8, 4) is 0 Å². The Morgan fingerprint density at radius 1 is 1.22 bits per heavy atom. The molecule has 3 heterocycles. The molecule has 7 nitrogen and oxygen atoms in total. The molecule has 1 aromatic carbocycles. The molecule has 2 aromatic heterocycles. The largest absolute Gasteiger partial charge is 0.368 e. The fraction of sp³-hybridized carbons (Fsp3) is 0.292. The number of hydrogen-bond donors (Lipinski definition) is 2. The Morgan fingerprint density at radius 3 is 2.81 bits per heavy atom. The van der Waals surface area contributed by atoms with Crippen LogP contribution in [0.2, 0.25) is 0 Å². The van der Waals surface area contributed by atoms with E-state index in [-0.39, 0.29) is 11.9 Å². The first-order valence-corrected chi connectivity index (χ1v) is 10.7. The topological polar surface area (TPSA) is 87.4 Å². The Labute approximate surface area is 187 Å². The van der Waals surface area contributed by atoms with Crippen molar-refractivity contribution < 1.29 is 9.18 Å². The van der Waals surface area contributed by atoms with E-state index in [1.807, 2.05) is 30.3 Å². The molecule has 4 rings (SSSR count). The number of benzene rings is 1. The summed E-state index contributed by atoms with van der Waals surface area (Å²) in [6.45, 7) is 2.53. The van der Waals surface area contributed by atoms with Gasteiger partial charge in [0, 0.05) is 38.1 Å². The SMILES string of the molecule is N[C@H]1CCN(c2ccc(N(C=O)Cc3cccnc3)c(NCCc3cccc(F)c3)n2)C1. The van der Waals surface area contributed by atoms with Crippen molar-refractivity contribution in [3.05, 3.63) is 77.9 Å². The molecule has 0 bridgehead atoms. The van der Waals surface area contributed by atoms with Crippen LogP contribution in [0.5, 0.6) is 0 Å². The summed E-state index contributed by atoms with van der Waals surface area (Å²) in [5.41, 5.74) is 8.55. The summed E-state index contributed by atoms with van der Waals surface area (Å²) in [6.07, 6.45) is 5.79. The van der Waals surface area contributed by atoms with Gasteiger partial charge < -0.3 is 20.9 Å². The maximum Gasteiger partial charge on any atom is 0.214 e. The highest BCUT2D eigenvalue weighted by Gasteiger charge is 2.22. The lowest BCUT2D eigenvalue weighted by Crippen LogP contribution is -2.28. The number of carbonyl (C=O) groups excluding carboxylic acids is 1. The van der Waals surface area contributed by atoms with Crippen LogP contribution in [0.15, 0.2) is 60.9 Å². The van der Waals surface area contributed by atoms with Gasteiger partial charge in [0.15, 0.2) is 5.82 Å². The van der Waals surface area contributed by atoms with Gasteiger partial charge in [-0.2, -0.15) is 0 Å². The number of amides is 1. The molecule has 166 valence electrons. The second kappa shape index (κ2) is 10.2. The van der Waals surface area contributed by atoms with E-state index < -0.39 is 0 Å². The monoisotopic (exact) mass is 434 g/mol. The number of nitrogens with one attached hydrogen (secondary N) is 1. The third kappa shape index (κ3) is 5.39. The second-order valence-corrected chi connectivity index (χ2v) is 7.93. The molecule has 32 heavy (non-hydrogen) atoms. The van der Waals surface area contributed by atoms with Crippen molar-refractivity contribution in [3.63, 3.8) is 0 Å². The molecule has 8 heteroatoms. The number of aromatic nitrogens is 2. The molecule has 1 aliphatic rings. The van der Waals surface area contributed by atoms with Crippen LogP contribution in [-0.4, -0.2) is 42.1 Å². The van der Waals surface area contributed by atoms with Crippen LogP contribution >= 0.6 is 0 Å². The number of rotatable bonds is 9. The molecular formula is C24H27FN6O. The molecule has 1 amide bonds. The van der Waals surface area contributed by atoms with Crippen LogP contribution in [0.1, 0.15) is 17.5 Å². The fourth-order valence-corrected chi connectivity index (χ4v) is 3.86. The van der Waals surface area contributed by atoms with E-state index in [4.69, 9.17) is 10.7 Å². The molecule has 0 spiro atoms. The third-order valence-electron chi connectivity index (χ3n) is 5.52. The Hall–Kier alpha value is -3.52. The summed E-state index contributed by atoms with van der Waals surface area (Å²) in [4.78, 5) is 24.7. The molecule has 1 saturated heterocycles. The standard InChI is InChI=1S/C24H27FN6O/c25-20-5-1-3-18(13-20)8-11-28-24-22(31(17-32)15-19-4-2-10-27-14-19)6-7-23(29-24)30-12-9-21(26)16-30/h1-7,10,13-14,17,21H,8-9,11-12,15-16,26H2,(H,28,29)/t21-/m0/s1. The van der Waals surface area contributed by atoms with Crippen LogP contribution in [0.25, 0.3) is 0 Å². The minimum absolute atomic E-state index is 0.137. The summed E-state index contributed by atoms with van der Waals surface area (Å²) in [5.74, 6) is 1.18. The zero-order chi connectivity index (χ0) is 22.3. The Balaban J connectivity index is 1.56. The van der Waals surface area contributed by atoms with Gasteiger partial charge in [-0.15, -0.1) is 0 Å². The molecule has 1 atom stereocenters. The summed E-state index contributed by atoms with van der Waals surface area (Å²) in [6, 6.07) is 14.3. The van der Waals surface area contributed by atoms with Crippen molar-refractivity contribution in [2.75, 3.05) is 34.8 Å². The van der Waals surface area contributed by atoms with E-state index in [2.05, 4.69) is 15.2 Å². The Morgan fingerprint density at radius 2 is 2.09 bits per heavy atom. The minimum atomic E-state index is -0.253. The van der Waals surface area contributed by atoms with E-state index in [9.17, 15) is 9.18 Å². The number of carbonyl (C=O) groups is 1. The van der Waals surface area contributed by atoms with E-state index in [0.29, 0.717) is 31.0 Å². The van der Waals surface area contributed by atoms with Gasteiger partial charge in [0.05, 0.1) is 12.2 Å². The maximum atomic E-state index is 13.5. The van der Waals surface area contributed by atoms with Crippen molar-refractivity contribution >= 4 is 23.7 Å². The first-order chi connectivity index (χ1) is 15.6. The van der Waals surface area contributed by atoms with Gasteiger partial charge in [0.2, 0.25) is 6.41 Å². The smallest absolute Gasteiger partial charge is 0.214 e. The lowest BCUT2D eigenvalue weighted by Gasteiger charge is -2.24. The summed E-state index contributed by atoms with van der Waals surface area (Å²) in [7, 11) is 0. The molecule has 1 aliphatic heterocycles. The van der Waals surface area contributed by atoms with Gasteiger partial charge >= 0.3 is 0 Å². The van der Waals surface area contributed by atoms with Crippen LogP contribution in [0.3, 0.4) is 0 Å². The predicted molar refractivity (Wildman–Crippen MR) is 124 cm³/mol. The maximum absolute atomic E-state index is 13.5. The lowest BCUT2D eigenvalue weighted by molar-refractivity contribution is -0.107. The number of anilines is 3. The molecule has 1 fully saturated rings. The van der Waals surface area contributed by atoms with E-state index in [0.717, 1.165) is 42.9 Å². The zero-order valence-electron chi connectivity index (χ0n) is 17.8. The molecule has 3 N–H and O–H groups in total. The highest BCUT2D eigenvalue weighted by atomic mass is 19.1. The second-order valence-electron chi connectivity index (χ2n) is 7.93. The fourth-order valence-electron chi connectivity index (χ4n) is 3.86. The van der Waals surface area contributed by atoms with Crippen molar-refractivity contribution in [1.29, 1.82) is 0 Å². The molecule has 0 unspecified atom stereocenters. The predicted octanol–water partition coefficient (Wildman–Crippen LogP) is 2.97. The van der Waals surface area contributed by atoms with Gasteiger partial charge in [0.1, 0.15) is 11.6 Å². The highest BCUT2D eigenvalue weighted by Crippen LogP contribution is 2.29. The molecular weight excluding hydrogens is 407 g/mol. The van der Waals surface area contributed by atoms with Gasteiger partial charge in [-0.05, 0) is 54.3 Å². The first kappa shape index (κ1) is 21.7. The zero-order valence-corrected chi connectivity index (χ0v) is 17.8. The Bertz CT molecular complexity index is 1050. The molecule has 0 radical (unpaired) electrons. The molecule has 0 saturated carbocycles. The van der Waals surface area contributed by atoms with E-state index in [1.54, 1.807) is 23.4 Å². The van der Waals surface area contributed by atoms with Gasteiger partial charge in [0.25, 0.3) is 0 Å². The van der Waals surface area contributed by atoms with Gasteiger partial charge in [-0.1, -0.05) is 18.2 Å². The van der Waals surface area contributed by atoms with Crippen LogP contribution < -0.4 is 20.9 Å². The number of hydrogen-bond acceptors (Lipinski definition) is 6. The summed E-state index contributed by atoms with van der Waals surface area (Å²) >= 11 is 0. The van der Waals surface area contributed by atoms with E-state index in [1.165, 1.54) is 12.1 Å². The average Bonchev–Trinajstić information content (AvgIpc) is 3.25. The summed E-state index contributed by atoms with van der Waals surface area (Å²) < 4.78 is 13.5. The normalized spacial score (nSPS) is 15.6. The summed E-state index contributed by atoms with van der Waals surface area (Å²) in [5, 5.41) is 3.35. The average molecular weight is 435 g/mol. The van der Waals surface area contributed by atoms with Gasteiger partial charge in [-0.25, -0.2) is 9.37 Å². The Kier molecular flexibility index (Phi) is 6.91. The lowest BCUT2D eigenvalue weighted by atomic mass is 10.1. The van der Waals surface area contributed by atoms with Crippen LogP contribution in [-0.2, 0) is 17.8 Å². The van der Waals surface area contributed by atoms with E-state index >= 15 is 0 Å². The van der Waals surface area contributed by atoms with Gasteiger partial charge in [-0.3, -0.25) is 9.78 Å². The van der Waals surface area contributed by atoms with Crippen molar-refractivity contribution in [2.45, 2.75) is 25.4 Å². The van der Waals surface area contributed by atoms with Crippen molar-refractivity contribution in [1.82, 2.24) is 9.97 Å². The number of nitrogens with two attached hydrogens (primary N) is 1. The number of halogens is 1. The number of pyridine rings is 2. The minimum Gasteiger partial charge on any atom is -0.368 e. The molecule has 0 aliphatic carbocycles. The highest BCUT2D eigenvalue weighted by molar-refractivity contribution is 5.82. The van der Waals surface area contributed by atoms with Crippen LogP contribution in [0.4, 0.5) is 21.7 Å². The van der Waals surface area contributed by atoms with Crippen LogP contribution in [0, 0.1) is 5.82 Å². The molecule has 3 aromatic rings. The quantitative estimate of drug-likeness (QED) is 0.504. The third-order valence-corrected chi connectivity index (χ3v) is 5.52. The van der Waals surface area contributed by atoms with Crippen molar-refractivity contribution in [2.24, 2.45) is 5.73 Å².